The molecule has 1 aromatic carbocycles. The molecule has 1 rings (SSSR count). The van der Waals surface area contributed by atoms with Crippen LogP contribution < -0.4 is 10.6 Å². The Kier molecular flexibility index (Phi) is 5.43. The topological polar surface area (TPSA) is 75.3 Å². The number of amides is 1. The Hall–Kier alpha value is -1.70. The van der Waals surface area contributed by atoms with Gasteiger partial charge in [0.15, 0.2) is 9.84 Å². The fourth-order valence-electron chi connectivity index (χ4n) is 1.51. The van der Waals surface area contributed by atoms with Gasteiger partial charge in [0.05, 0.1) is 5.75 Å². The maximum absolute atomic E-state index is 13.5. The van der Waals surface area contributed by atoms with Crippen molar-refractivity contribution in [2.75, 3.05) is 30.4 Å². The lowest BCUT2D eigenvalue weighted by atomic mass is 10.1. The minimum absolute atomic E-state index is 0.0248. The molecule has 20 heavy (non-hydrogen) atoms. The number of hydrogen-bond acceptors (Lipinski definition) is 4. The van der Waals surface area contributed by atoms with E-state index in [4.69, 9.17) is 0 Å². The van der Waals surface area contributed by atoms with E-state index < -0.39 is 27.4 Å². The maximum Gasteiger partial charge on any atom is 0.251 e. The molecule has 0 radical (unpaired) electrons. The van der Waals surface area contributed by atoms with Gasteiger partial charge in [0.2, 0.25) is 0 Å². The average Bonchev–Trinajstić information content (AvgIpc) is 2.38. The van der Waals surface area contributed by atoms with Crippen molar-refractivity contribution in [2.45, 2.75) is 6.92 Å². The first-order chi connectivity index (χ1) is 9.30. The molecule has 0 saturated heterocycles. The second-order valence-electron chi connectivity index (χ2n) is 4.06. The van der Waals surface area contributed by atoms with E-state index in [1.54, 1.807) is 0 Å². The van der Waals surface area contributed by atoms with Crippen molar-refractivity contribution in [3.05, 3.63) is 29.3 Å². The molecule has 0 saturated carbocycles. The van der Waals surface area contributed by atoms with Crippen molar-refractivity contribution in [3.63, 3.8) is 0 Å². The van der Waals surface area contributed by atoms with Gasteiger partial charge in [0.1, 0.15) is 17.3 Å². The van der Waals surface area contributed by atoms with Crippen molar-refractivity contribution in [3.8, 4) is 0 Å². The number of carbonyl (C=O) groups is 1. The molecular weight excluding hydrogens is 290 g/mol. The van der Waals surface area contributed by atoms with Crippen molar-refractivity contribution in [1.82, 2.24) is 5.32 Å². The van der Waals surface area contributed by atoms with Crippen molar-refractivity contribution < 1.29 is 22.0 Å². The molecule has 8 heteroatoms. The summed E-state index contributed by atoms with van der Waals surface area (Å²) < 4.78 is 49.4. The minimum Gasteiger partial charge on any atom is -0.383 e. The number of benzene rings is 1. The molecule has 0 bridgehead atoms. The molecule has 5 nitrogen and oxygen atoms in total. The van der Waals surface area contributed by atoms with Gasteiger partial charge in [-0.2, -0.15) is 0 Å². The van der Waals surface area contributed by atoms with E-state index in [2.05, 4.69) is 10.6 Å². The summed E-state index contributed by atoms with van der Waals surface area (Å²) >= 11 is 0. The van der Waals surface area contributed by atoms with Crippen LogP contribution in [0.25, 0.3) is 0 Å². The Labute approximate surface area is 116 Å². The predicted molar refractivity (Wildman–Crippen MR) is 72.6 cm³/mol. The quantitative estimate of drug-likeness (QED) is 0.827. The van der Waals surface area contributed by atoms with Crippen LogP contribution in [0.4, 0.5) is 14.5 Å². The molecule has 0 unspecified atom stereocenters. The van der Waals surface area contributed by atoms with E-state index in [-0.39, 0.29) is 29.3 Å². The van der Waals surface area contributed by atoms with E-state index in [1.807, 2.05) is 0 Å². The van der Waals surface area contributed by atoms with E-state index in [1.165, 1.54) is 14.0 Å². The first kappa shape index (κ1) is 16.4. The largest absolute Gasteiger partial charge is 0.383 e. The van der Waals surface area contributed by atoms with Gasteiger partial charge >= 0.3 is 0 Å². The monoisotopic (exact) mass is 306 g/mol. The number of nitrogens with one attached hydrogen (secondary N) is 2. The van der Waals surface area contributed by atoms with E-state index in [0.717, 1.165) is 12.1 Å². The maximum atomic E-state index is 13.5. The molecule has 0 fully saturated rings. The molecule has 1 aromatic rings. The molecule has 0 aliphatic heterocycles. The highest BCUT2D eigenvalue weighted by Crippen LogP contribution is 2.20. The van der Waals surface area contributed by atoms with Gasteiger partial charge in [0.25, 0.3) is 5.91 Å². The van der Waals surface area contributed by atoms with E-state index in [9.17, 15) is 22.0 Å². The van der Waals surface area contributed by atoms with Gasteiger partial charge in [0, 0.05) is 24.9 Å². The number of anilines is 1. The van der Waals surface area contributed by atoms with Crippen LogP contribution in [0, 0.1) is 11.6 Å². The zero-order chi connectivity index (χ0) is 15.3. The second-order valence-corrected chi connectivity index (χ2v) is 6.53. The molecule has 0 aliphatic carbocycles. The van der Waals surface area contributed by atoms with E-state index >= 15 is 0 Å². The fraction of sp³-hybridized carbons (Fsp3) is 0.417. The summed E-state index contributed by atoms with van der Waals surface area (Å²) in [4.78, 5) is 11.7. The third-order valence-electron chi connectivity index (χ3n) is 2.69. The number of sulfone groups is 1. The van der Waals surface area contributed by atoms with Crippen molar-refractivity contribution >= 4 is 21.4 Å². The van der Waals surface area contributed by atoms with Crippen molar-refractivity contribution in [2.24, 2.45) is 0 Å². The third-order valence-corrected chi connectivity index (χ3v) is 4.40. The van der Waals surface area contributed by atoms with Gasteiger partial charge in [-0.05, 0) is 12.1 Å². The average molecular weight is 306 g/mol. The Morgan fingerprint density at radius 3 is 2.25 bits per heavy atom. The summed E-state index contributed by atoms with van der Waals surface area (Å²) in [5.74, 6) is -2.74. The first-order valence-corrected chi connectivity index (χ1v) is 7.78. The van der Waals surface area contributed by atoms with Gasteiger partial charge < -0.3 is 10.6 Å². The number of halogens is 2. The molecule has 0 heterocycles. The first-order valence-electron chi connectivity index (χ1n) is 5.96. The summed E-state index contributed by atoms with van der Waals surface area (Å²) in [6.45, 7) is 1.39. The summed E-state index contributed by atoms with van der Waals surface area (Å²) in [5.41, 5.74) is -0.525. The van der Waals surface area contributed by atoms with Crippen LogP contribution >= 0.6 is 0 Å². The van der Waals surface area contributed by atoms with Crippen LogP contribution in [-0.2, 0) is 9.84 Å². The molecule has 112 valence electrons. The van der Waals surface area contributed by atoms with Gasteiger partial charge in [-0.1, -0.05) is 6.92 Å². The van der Waals surface area contributed by atoms with Crippen LogP contribution in [0.1, 0.15) is 17.3 Å². The lowest BCUT2D eigenvalue weighted by molar-refractivity contribution is 0.0955. The van der Waals surface area contributed by atoms with Crippen LogP contribution in [0.2, 0.25) is 0 Å². The Bertz CT molecular complexity index is 580. The lowest BCUT2D eigenvalue weighted by Crippen LogP contribution is -2.29. The molecule has 0 spiro atoms. The number of carbonyl (C=O) groups excluding carboxylic acids is 1. The lowest BCUT2D eigenvalue weighted by Gasteiger charge is -2.08. The summed E-state index contributed by atoms with van der Waals surface area (Å²) in [7, 11) is -1.84. The van der Waals surface area contributed by atoms with Crippen molar-refractivity contribution in [1.29, 1.82) is 0 Å². The highest BCUT2D eigenvalue weighted by Gasteiger charge is 2.15. The SMILES string of the molecule is CCS(=O)(=O)CCNC(=O)c1cc(F)c(NC)c(F)c1. The number of hydrogen-bond donors (Lipinski definition) is 2. The summed E-state index contributed by atoms with van der Waals surface area (Å²) in [5, 5.41) is 4.65. The van der Waals surface area contributed by atoms with Crippen LogP contribution in [0.5, 0.6) is 0 Å². The zero-order valence-corrected chi connectivity index (χ0v) is 12.0. The third kappa shape index (κ3) is 4.16. The predicted octanol–water partition coefficient (Wildman–Crippen LogP) is 1.17. The Morgan fingerprint density at radius 2 is 1.80 bits per heavy atom. The van der Waals surface area contributed by atoms with Gasteiger partial charge in [-0.3, -0.25) is 4.79 Å². The molecule has 1 amide bonds. The van der Waals surface area contributed by atoms with Crippen LogP contribution in [0.3, 0.4) is 0 Å². The summed E-state index contributed by atoms with van der Waals surface area (Å²) in [6.07, 6.45) is 0. The smallest absolute Gasteiger partial charge is 0.251 e. The fourth-order valence-corrected chi connectivity index (χ4v) is 2.21. The normalized spacial score (nSPS) is 11.2. The standard InChI is InChI=1S/C12H16F2N2O3S/c1-3-20(18,19)5-4-16-12(17)8-6-9(13)11(15-2)10(14)7-8/h6-7,15H,3-5H2,1-2H3,(H,16,17). The Morgan fingerprint density at radius 1 is 1.25 bits per heavy atom. The van der Waals surface area contributed by atoms with E-state index in [0.29, 0.717) is 0 Å². The van der Waals surface area contributed by atoms with Gasteiger partial charge in [-0.25, -0.2) is 17.2 Å². The second kappa shape index (κ2) is 6.65. The van der Waals surface area contributed by atoms with Gasteiger partial charge in [-0.15, -0.1) is 0 Å². The van der Waals surface area contributed by atoms with Crippen LogP contribution in [0.15, 0.2) is 12.1 Å². The molecule has 0 atom stereocenters. The van der Waals surface area contributed by atoms with Crippen LogP contribution in [-0.4, -0.2) is 39.4 Å². The Balaban J connectivity index is 2.74. The molecule has 0 aliphatic rings. The highest BCUT2D eigenvalue weighted by molar-refractivity contribution is 7.91. The summed E-state index contributed by atoms with van der Waals surface area (Å²) in [6, 6.07) is 1.77. The highest BCUT2D eigenvalue weighted by atomic mass is 32.2. The number of rotatable bonds is 6. The molecule has 2 N–H and O–H groups in total. The molecule has 0 aromatic heterocycles. The zero-order valence-electron chi connectivity index (χ0n) is 11.2. The minimum atomic E-state index is -3.20. The molecular formula is C12H16F2N2O3S.